The number of benzene rings is 1. The monoisotopic (exact) mass is 368 g/mol. The molecule has 1 aromatic heterocycles. The molecule has 2 aliphatic rings. The van der Waals surface area contributed by atoms with Crippen LogP contribution in [0.4, 0.5) is 23.0 Å². The maximum atomic E-state index is 11.7. The summed E-state index contributed by atoms with van der Waals surface area (Å²) >= 11 is 0. The van der Waals surface area contributed by atoms with Gasteiger partial charge in [0.1, 0.15) is 5.82 Å². The lowest BCUT2D eigenvalue weighted by Crippen LogP contribution is -2.40. The van der Waals surface area contributed by atoms with Crippen molar-refractivity contribution in [3.63, 3.8) is 0 Å². The number of nitrogens with zero attached hydrogens (tertiary/aromatic N) is 4. The third-order valence-electron chi connectivity index (χ3n) is 4.67. The average molecular weight is 368 g/mol. The first-order valence-corrected chi connectivity index (χ1v) is 9.06. The molecule has 0 spiro atoms. The average Bonchev–Trinajstić information content (AvgIpc) is 3.47. The number of carbonyl (C=O) groups excluding carboxylic acids is 1. The molecule has 2 fully saturated rings. The van der Waals surface area contributed by atoms with Gasteiger partial charge in [-0.2, -0.15) is 0 Å². The summed E-state index contributed by atoms with van der Waals surface area (Å²) in [4.78, 5) is 33.8. The Kier molecular flexibility index (Phi) is 4.57. The van der Waals surface area contributed by atoms with Crippen LogP contribution in [0.1, 0.15) is 23.3 Å². The molecular weight excluding hydrogens is 346 g/mol. The third-order valence-corrected chi connectivity index (χ3v) is 4.67. The van der Waals surface area contributed by atoms with Crippen LogP contribution in [0.5, 0.6) is 0 Å². The van der Waals surface area contributed by atoms with Crippen molar-refractivity contribution in [3.8, 4) is 0 Å². The van der Waals surface area contributed by atoms with E-state index in [1.165, 1.54) is 6.20 Å². The van der Waals surface area contributed by atoms with Gasteiger partial charge in [-0.25, -0.2) is 9.97 Å². The number of nitrogens with two attached hydrogens (primary N) is 1. The summed E-state index contributed by atoms with van der Waals surface area (Å²) in [6.45, 7) is 2.45. The molecular formula is C18H22N7O2+. The van der Waals surface area contributed by atoms with E-state index < -0.39 is 5.91 Å². The van der Waals surface area contributed by atoms with E-state index in [0.29, 0.717) is 43.9 Å². The van der Waals surface area contributed by atoms with Crippen molar-refractivity contribution in [3.05, 3.63) is 41.1 Å². The van der Waals surface area contributed by atoms with E-state index in [9.17, 15) is 9.70 Å². The van der Waals surface area contributed by atoms with Crippen molar-refractivity contribution in [1.29, 1.82) is 0 Å². The van der Waals surface area contributed by atoms with Gasteiger partial charge >= 0.3 is 0 Å². The Bertz CT molecular complexity index is 855. The summed E-state index contributed by atoms with van der Waals surface area (Å²) in [5.74, 6) is 0.327. The molecule has 1 aromatic carbocycles. The van der Waals surface area contributed by atoms with Gasteiger partial charge in [0.05, 0.1) is 19.3 Å². The number of rotatable bonds is 6. The van der Waals surface area contributed by atoms with Gasteiger partial charge in [0, 0.05) is 27.1 Å². The molecule has 4 rings (SSSR count). The molecule has 1 amide bonds. The highest BCUT2D eigenvalue weighted by molar-refractivity contribution is 5.96. The molecule has 9 heteroatoms. The van der Waals surface area contributed by atoms with Gasteiger partial charge in [-0.1, -0.05) is 0 Å². The van der Waals surface area contributed by atoms with Gasteiger partial charge < -0.3 is 21.3 Å². The summed E-state index contributed by atoms with van der Waals surface area (Å²) in [7, 11) is 0. The van der Waals surface area contributed by atoms with E-state index in [-0.39, 0.29) is 5.69 Å². The molecule has 0 radical (unpaired) electrons. The quantitative estimate of drug-likeness (QED) is 0.662. The minimum Gasteiger partial charge on any atom is -0.366 e. The molecule has 1 aliphatic heterocycles. The van der Waals surface area contributed by atoms with Crippen molar-refractivity contribution in [2.45, 2.75) is 18.9 Å². The topological polar surface area (TPSA) is 116 Å². The molecule has 27 heavy (non-hydrogen) atoms. The lowest BCUT2D eigenvalue weighted by Gasteiger charge is -2.24. The first-order chi connectivity index (χ1) is 13.1. The highest BCUT2D eigenvalue weighted by Gasteiger charge is 2.23. The van der Waals surface area contributed by atoms with Crippen LogP contribution in [0.2, 0.25) is 0 Å². The van der Waals surface area contributed by atoms with Crippen LogP contribution >= 0.6 is 0 Å². The van der Waals surface area contributed by atoms with Crippen molar-refractivity contribution in [2.75, 3.05) is 41.7 Å². The highest BCUT2D eigenvalue weighted by atomic mass is 16.3. The van der Waals surface area contributed by atoms with Crippen LogP contribution in [0.3, 0.4) is 0 Å². The van der Waals surface area contributed by atoms with Gasteiger partial charge in [0.2, 0.25) is 13.1 Å². The molecule has 0 bridgehead atoms. The predicted octanol–water partition coefficient (Wildman–Crippen LogP) is 1.49. The fraction of sp³-hybridized carbons (Fsp3) is 0.389. The number of aromatic nitrogens is 2. The van der Waals surface area contributed by atoms with Crippen LogP contribution < -0.4 is 21.3 Å². The molecule has 140 valence electrons. The first kappa shape index (κ1) is 17.2. The zero-order valence-electron chi connectivity index (χ0n) is 14.9. The van der Waals surface area contributed by atoms with Crippen molar-refractivity contribution in [2.24, 2.45) is 5.73 Å². The summed E-state index contributed by atoms with van der Waals surface area (Å²) in [5.41, 5.74) is 7.36. The van der Waals surface area contributed by atoms with Gasteiger partial charge in [0.25, 0.3) is 5.91 Å². The molecule has 0 atom stereocenters. The van der Waals surface area contributed by atoms with Gasteiger partial charge in [-0.05, 0) is 37.1 Å². The second-order valence-electron chi connectivity index (χ2n) is 6.82. The fourth-order valence-electron chi connectivity index (χ4n) is 3.00. The number of hydrogen-bond donors (Lipinski definition) is 3. The van der Waals surface area contributed by atoms with E-state index in [1.807, 2.05) is 24.3 Å². The van der Waals surface area contributed by atoms with E-state index in [0.717, 1.165) is 29.0 Å². The van der Waals surface area contributed by atoms with Crippen LogP contribution in [-0.2, 0) is 0 Å². The number of nitroso groups, excluding NO2 is 1. The Morgan fingerprint density at radius 3 is 2.52 bits per heavy atom. The maximum absolute atomic E-state index is 11.7. The minimum absolute atomic E-state index is 0.104. The van der Waals surface area contributed by atoms with Crippen LogP contribution in [-0.4, -0.2) is 52.9 Å². The lowest BCUT2D eigenvalue weighted by atomic mass is 10.2. The summed E-state index contributed by atoms with van der Waals surface area (Å²) < 4.78 is 1.08. The molecule has 4 N–H and O–H groups in total. The Labute approximate surface area is 156 Å². The molecule has 1 saturated heterocycles. The number of primary amides is 1. The number of anilines is 4. The van der Waals surface area contributed by atoms with Crippen molar-refractivity contribution >= 4 is 28.9 Å². The number of nitrogens with one attached hydrogen (secondary N) is 2. The Balaban J connectivity index is 1.50. The zero-order valence-corrected chi connectivity index (χ0v) is 14.9. The number of piperazine rings is 1. The van der Waals surface area contributed by atoms with Crippen LogP contribution in [0.15, 0.2) is 30.5 Å². The zero-order chi connectivity index (χ0) is 18.8. The van der Waals surface area contributed by atoms with Gasteiger partial charge in [-0.15, -0.1) is 0 Å². The predicted molar refractivity (Wildman–Crippen MR) is 102 cm³/mol. The van der Waals surface area contributed by atoms with Crippen LogP contribution in [0.25, 0.3) is 0 Å². The molecule has 9 nitrogen and oxygen atoms in total. The number of amides is 1. The number of hydrogen-bond acceptors (Lipinski definition) is 7. The molecule has 0 unspecified atom stereocenters. The fourth-order valence-corrected chi connectivity index (χ4v) is 3.00. The standard InChI is InChI=1S/C18H21N7O2/c19-17(26)16-18(23-15(11-20-16)21-12-1-2-12)22-13-3-5-14(6-4-13)24-7-9-25(27)10-8-24/h3-6,11-12H,1-2,7-10H2,(H3-,19,21,22,23,26)/p+1. The van der Waals surface area contributed by atoms with Gasteiger partial charge in [0.15, 0.2) is 11.5 Å². The molecule has 2 aromatic rings. The smallest absolute Gasteiger partial charge is 0.271 e. The van der Waals surface area contributed by atoms with E-state index in [4.69, 9.17) is 5.73 Å². The van der Waals surface area contributed by atoms with Crippen molar-refractivity contribution < 1.29 is 9.55 Å². The van der Waals surface area contributed by atoms with Crippen molar-refractivity contribution in [1.82, 2.24) is 9.97 Å². The third kappa shape index (κ3) is 4.13. The Hall–Kier alpha value is -3.23. The Morgan fingerprint density at radius 2 is 1.89 bits per heavy atom. The van der Waals surface area contributed by atoms with E-state index >= 15 is 0 Å². The number of carbonyl (C=O) groups is 1. The normalized spacial score (nSPS) is 16.9. The minimum atomic E-state index is -0.630. The highest BCUT2D eigenvalue weighted by Crippen LogP contribution is 2.26. The summed E-state index contributed by atoms with van der Waals surface area (Å²) in [6.07, 6.45) is 3.76. The largest absolute Gasteiger partial charge is 0.366 e. The second kappa shape index (κ2) is 7.18. The van der Waals surface area contributed by atoms with Gasteiger partial charge in [-0.3, -0.25) is 4.79 Å². The molecule has 1 saturated carbocycles. The molecule has 1 aliphatic carbocycles. The first-order valence-electron chi connectivity index (χ1n) is 9.06. The van der Waals surface area contributed by atoms with E-state index in [1.54, 1.807) is 0 Å². The second-order valence-corrected chi connectivity index (χ2v) is 6.82. The van der Waals surface area contributed by atoms with E-state index in [2.05, 4.69) is 25.5 Å². The molecule has 2 heterocycles. The Morgan fingerprint density at radius 1 is 1.19 bits per heavy atom. The summed E-state index contributed by atoms with van der Waals surface area (Å²) in [6, 6.07) is 8.21. The maximum Gasteiger partial charge on any atom is 0.271 e. The summed E-state index contributed by atoms with van der Waals surface area (Å²) in [5, 5.41) is 6.40. The lowest BCUT2D eigenvalue weighted by molar-refractivity contribution is -0.550. The van der Waals surface area contributed by atoms with Crippen LogP contribution in [0, 0.1) is 4.91 Å². The SMILES string of the molecule is NC(=O)c1ncc(NC2CC2)nc1Nc1ccc(N2CC[N+](=O)CC2)cc1.